The topological polar surface area (TPSA) is 12.9 Å². The van der Waals surface area contributed by atoms with E-state index in [4.69, 9.17) is 0 Å². The zero-order valence-electron chi connectivity index (χ0n) is 7.12. The van der Waals surface area contributed by atoms with E-state index in [1.54, 1.807) is 11.3 Å². The van der Waals surface area contributed by atoms with Crippen molar-refractivity contribution in [1.82, 2.24) is 4.98 Å². The molecule has 2 rings (SSSR count). The third-order valence-electron chi connectivity index (χ3n) is 1.77. The van der Waals surface area contributed by atoms with Gasteiger partial charge < -0.3 is 0 Å². The van der Waals surface area contributed by atoms with Gasteiger partial charge in [0.05, 0.1) is 10.2 Å². The second-order valence-corrected chi connectivity index (χ2v) is 4.41. The Balaban J connectivity index is 2.62. The van der Waals surface area contributed by atoms with Crippen LogP contribution < -0.4 is 0 Å². The monoisotopic (exact) mass is 253 g/mol. The lowest BCUT2D eigenvalue weighted by Gasteiger charge is -1.88. The standard InChI is InChI=1S/C10H8BrNS/c1-7-2-3-8-9(6-7)13-10(12-8)4-5-11/h2-6H,1H3. The number of aryl methyl sites for hydroxylation is 1. The van der Waals surface area contributed by atoms with E-state index in [-0.39, 0.29) is 0 Å². The molecule has 0 amide bonds. The minimum absolute atomic E-state index is 1.04. The highest BCUT2D eigenvalue weighted by Crippen LogP contribution is 2.23. The first kappa shape index (κ1) is 8.91. The van der Waals surface area contributed by atoms with Gasteiger partial charge in [0.1, 0.15) is 5.01 Å². The van der Waals surface area contributed by atoms with Crippen LogP contribution in [-0.2, 0) is 0 Å². The first-order chi connectivity index (χ1) is 6.29. The van der Waals surface area contributed by atoms with Crippen molar-refractivity contribution < 1.29 is 0 Å². The molecule has 3 heteroatoms. The molecular formula is C10H8BrNS. The lowest BCUT2D eigenvalue weighted by molar-refractivity contribution is 1.44. The number of hydrogen-bond donors (Lipinski definition) is 0. The summed E-state index contributed by atoms with van der Waals surface area (Å²) in [6.45, 7) is 2.10. The maximum absolute atomic E-state index is 4.45. The average Bonchev–Trinajstić information content (AvgIpc) is 2.46. The van der Waals surface area contributed by atoms with Crippen LogP contribution >= 0.6 is 27.3 Å². The average molecular weight is 254 g/mol. The molecule has 0 unspecified atom stereocenters. The summed E-state index contributed by atoms with van der Waals surface area (Å²) >= 11 is 4.95. The molecule has 1 nitrogen and oxygen atoms in total. The van der Waals surface area contributed by atoms with Crippen LogP contribution in [0.2, 0.25) is 0 Å². The highest BCUT2D eigenvalue weighted by atomic mass is 79.9. The fraction of sp³-hybridized carbons (Fsp3) is 0.100. The zero-order chi connectivity index (χ0) is 9.26. The van der Waals surface area contributed by atoms with E-state index >= 15 is 0 Å². The van der Waals surface area contributed by atoms with Crippen LogP contribution in [0.4, 0.5) is 0 Å². The lowest BCUT2D eigenvalue weighted by atomic mass is 10.2. The number of thiazole rings is 1. The minimum atomic E-state index is 1.04. The summed E-state index contributed by atoms with van der Waals surface area (Å²) in [4.78, 5) is 6.28. The maximum Gasteiger partial charge on any atom is 0.117 e. The summed E-state index contributed by atoms with van der Waals surface area (Å²) in [7, 11) is 0. The summed E-state index contributed by atoms with van der Waals surface area (Å²) < 4.78 is 1.25. The molecule has 0 N–H and O–H groups in total. The summed E-state index contributed by atoms with van der Waals surface area (Å²) in [6.07, 6.45) is 1.96. The van der Waals surface area contributed by atoms with Crippen molar-refractivity contribution in [3.8, 4) is 0 Å². The van der Waals surface area contributed by atoms with E-state index in [2.05, 4.69) is 46.0 Å². The quantitative estimate of drug-likeness (QED) is 0.750. The van der Waals surface area contributed by atoms with Crippen LogP contribution in [0.1, 0.15) is 10.6 Å². The Morgan fingerprint density at radius 2 is 2.31 bits per heavy atom. The normalized spacial score (nSPS) is 11.5. The second-order valence-electron chi connectivity index (χ2n) is 2.82. The molecule has 0 fully saturated rings. The largest absolute Gasteiger partial charge is 0.237 e. The molecule has 13 heavy (non-hydrogen) atoms. The molecule has 1 aromatic heterocycles. The van der Waals surface area contributed by atoms with Crippen molar-refractivity contribution in [3.05, 3.63) is 33.8 Å². The van der Waals surface area contributed by atoms with E-state index in [9.17, 15) is 0 Å². The van der Waals surface area contributed by atoms with Crippen LogP contribution in [0.15, 0.2) is 23.2 Å². The molecule has 0 saturated heterocycles. The minimum Gasteiger partial charge on any atom is -0.237 e. The summed E-state index contributed by atoms with van der Waals surface area (Å²) in [5.74, 6) is 0. The van der Waals surface area contributed by atoms with Gasteiger partial charge in [-0.25, -0.2) is 4.98 Å². The van der Waals surface area contributed by atoms with Gasteiger partial charge in [-0.15, -0.1) is 11.3 Å². The fourth-order valence-corrected chi connectivity index (χ4v) is 2.57. The van der Waals surface area contributed by atoms with Gasteiger partial charge in [-0.3, -0.25) is 0 Å². The second kappa shape index (κ2) is 3.60. The molecule has 0 aliphatic rings. The van der Waals surface area contributed by atoms with Gasteiger partial charge in [0, 0.05) is 0 Å². The van der Waals surface area contributed by atoms with Gasteiger partial charge in [0.2, 0.25) is 0 Å². The van der Waals surface area contributed by atoms with E-state index in [0.29, 0.717) is 0 Å². The molecule has 0 atom stereocenters. The van der Waals surface area contributed by atoms with Gasteiger partial charge in [-0.05, 0) is 35.7 Å². The van der Waals surface area contributed by atoms with Crippen molar-refractivity contribution in [1.29, 1.82) is 0 Å². The van der Waals surface area contributed by atoms with E-state index in [1.807, 2.05) is 11.1 Å². The van der Waals surface area contributed by atoms with Crippen molar-refractivity contribution in [3.63, 3.8) is 0 Å². The van der Waals surface area contributed by atoms with Crippen LogP contribution in [0.5, 0.6) is 0 Å². The van der Waals surface area contributed by atoms with Crippen molar-refractivity contribution >= 4 is 43.6 Å². The van der Waals surface area contributed by atoms with Gasteiger partial charge in [-0.2, -0.15) is 0 Å². The molecule has 1 heterocycles. The number of nitrogens with zero attached hydrogens (tertiary/aromatic N) is 1. The van der Waals surface area contributed by atoms with Gasteiger partial charge in [-0.1, -0.05) is 22.0 Å². The number of halogens is 1. The summed E-state index contributed by atoms with van der Waals surface area (Å²) in [5.41, 5.74) is 2.36. The van der Waals surface area contributed by atoms with Crippen molar-refractivity contribution in [2.45, 2.75) is 6.92 Å². The van der Waals surface area contributed by atoms with Crippen LogP contribution in [-0.4, -0.2) is 4.98 Å². The van der Waals surface area contributed by atoms with E-state index in [1.165, 1.54) is 10.3 Å². The van der Waals surface area contributed by atoms with Gasteiger partial charge in [0.25, 0.3) is 0 Å². The molecule has 1 aromatic carbocycles. The number of aromatic nitrogens is 1. The molecular weight excluding hydrogens is 246 g/mol. The predicted octanol–water partition coefficient (Wildman–Crippen LogP) is 3.97. The Hall–Kier alpha value is -0.670. The van der Waals surface area contributed by atoms with Crippen molar-refractivity contribution in [2.75, 3.05) is 0 Å². The molecule has 0 aliphatic heterocycles. The summed E-state index contributed by atoms with van der Waals surface area (Å²) in [5, 5.41) is 1.04. The van der Waals surface area contributed by atoms with Crippen LogP contribution in [0.25, 0.3) is 16.3 Å². The number of fused-ring (bicyclic) bond motifs is 1. The van der Waals surface area contributed by atoms with E-state index < -0.39 is 0 Å². The molecule has 0 bridgehead atoms. The van der Waals surface area contributed by atoms with Crippen molar-refractivity contribution in [2.24, 2.45) is 0 Å². The maximum atomic E-state index is 4.45. The smallest absolute Gasteiger partial charge is 0.117 e. The first-order valence-electron chi connectivity index (χ1n) is 3.93. The van der Waals surface area contributed by atoms with E-state index in [0.717, 1.165) is 10.5 Å². The predicted molar refractivity (Wildman–Crippen MR) is 62.3 cm³/mol. The Bertz CT molecular complexity index is 459. The lowest BCUT2D eigenvalue weighted by Crippen LogP contribution is -1.70. The Morgan fingerprint density at radius 3 is 3.08 bits per heavy atom. The molecule has 0 radical (unpaired) electrons. The van der Waals surface area contributed by atoms with Crippen LogP contribution in [0.3, 0.4) is 0 Å². The fourth-order valence-electron chi connectivity index (χ4n) is 1.17. The van der Waals surface area contributed by atoms with Gasteiger partial charge in [0.15, 0.2) is 0 Å². The Kier molecular flexibility index (Phi) is 2.47. The summed E-state index contributed by atoms with van der Waals surface area (Å²) in [6, 6.07) is 6.31. The Labute approximate surface area is 89.2 Å². The van der Waals surface area contributed by atoms with Crippen LogP contribution in [0, 0.1) is 6.92 Å². The third-order valence-corrected chi connectivity index (χ3v) is 3.01. The number of benzene rings is 1. The molecule has 66 valence electrons. The number of rotatable bonds is 1. The third kappa shape index (κ3) is 1.81. The van der Waals surface area contributed by atoms with Gasteiger partial charge >= 0.3 is 0 Å². The molecule has 0 saturated carbocycles. The highest BCUT2D eigenvalue weighted by molar-refractivity contribution is 9.11. The first-order valence-corrected chi connectivity index (χ1v) is 5.67. The molecule has 2 aromatic rings. The highest BCUT2D eigenvalue weighted by Gasteiger charge is 1.99. The zero-order valence-corrected chi connectivity index (χ0v) is 9.52. The molecule has 0 spiro atoms. The SMILES string of the molecule is Cc1ccc2nc(C=CBr)sc2c1. The number of hydrogen-bond acceptors (Lipinski definition) is 2. The Morgan fingerprint density at radius 1 is 1.46 bits per heavy atom. The molecule has 0 aliphatic carbocycles.